The fraction of sp³-hybridized carbons (Fsp3) is 0.500. The first kappa shape index (κ1) is 18.2. The zero-order valence-electron chi connectivity index (χ0n) is 15.5. The van der Waals surface area contributed by atoms with Gasteiger partial charge in [-0.3, -0.25) is 9.89 Å². The maximum Gasteiger partial charge on any atom is 0.255 e. The number of nitrogens with zero attached hydrogens (tertiary/aromatic N) is 2. The number of benzene rings is 1. The molecule has 7 heteroatoms. The largest absolute Gasteiger partial charge is 0.374 e. The minimum atomic E-state index is -0.104. The van der Waals surface area contributed by atoms with Crippen molar-refractivity contribution >= 4 is 11.6 Å². The number of ether oxygens (including phenoxy) is 1. The summed E-state index contributed by atoms with van der Waals surface area (Å²) in [6, 6.07) is 9.27. The van der Waals surface area contributed by atoms with Gasteiger partial charge in [-0.2, -0.15) is 5.10 Å². The van der Waals surface area contributed by atoms with Crippen LogP contribution in [0.25, 0.3) is 0 Å². The molecule has 3 N–H and O–H groups in total. The van der Waals surface area contributed by atoms with Crippen LogP contribution >= 0.6 is 0 Å². The van der Waals surface area contributed by atoms with Crippen LogP contribution in [-0.2, 0) is 4.74 Å². The number of rotatable bonds is 5. The molecule has 2 aliphatic rings. The van der Waals surface area contributed by atoms with Gasteiger partial charge in [-0.25, -0.2) is 0 Å². The first-order chi connectivity index (χ1) is 13.3. The van der Waals surface area contributed by atoms with Crippen molar-refractivity contribution in [2.45, 2.75) is 24.9 Å². The van der Waals surface area contributed by atoms with E-state index in [0.717, 1.165) is 63.6 Å². The van der Waals surface area contributed by atoms with E-state index in [4.69, 9.17) is 4.74 Å². The van der Waals surface area contributed by atoms with Crippen LogP contribution in [0.4, 0.5) is 5.69 Å². The molecule has 1 amide bonds. The van der Waals surface area contributed by atoms with Gasteiger partial charge in [0, 0.05) is 37.7 Å². The van der Waals surface area contributed by atoms with Crippen LogP contribution < -0.4 is 10.6 Å². The second-order valence-corrected chi connectivity index (χ2v) is 7.31. The third kappa shape index (κ3) is 4.55. The predicted molar refractivity (Wildman–Crippen MR) is 104 cm³/mol. The second kappa shape index (κ2) is 8.65. The van der Waals surface area contributed by atoms with Crippen LogP contribution in [-0.4, -0.2) is 66.4 Å². The number of carbonyl (C=O) groups is 1. The molecule has 2 saturated heterocycles. The molecule has 0 spiro atoms. The zero-order valence-corrected chi connectivity index (χ0v) is 15.5. The van der Waals surface area contributed by atoms with Crippen LogP contribution in [0.2, 0.25) is 0 Å². The Morgan fingerprint density at radius 2 is 2.22 bits per heavy atom. The lowest BCUT2D eigenvalue weighted by Crippen LogP contribution is -2.47. The fourth-order valence-corrected chi connectivity index (χ4v) is 3.97. The molecule has 2 fully saturated rings. The Morgan fingerprint density at radius 3 is 3.04 bits per heavy atom. The Bertz CT molecular complexity index is 742. The van der Waals surface area contributed by atoms with E-state index in [9.17, 15) is 4.79 Å². The number of morpholine rings is 1. The molecule has 0 saturated carbocycles. The van der Waals surface area contributed by atoms with Crippen molar-refractivity contribution in [2.24, 2.45) is 0 Å². The van der Waals surface area contributed by atoms with Crippen molar-refractivity contribution in [3.8, 4) is 0 Å². The van der Waals surface area contributed by atoms with E-state index < -0.39 is 0 Å². The molecule has 2 atom stereocenters. The summed E-state index contributed by atoms with van der Waals surface area (Å²) in [5.41, 5.74) is 2.45. The molecule has 2 aromatic rings. The van der Waals surface area contributed by atoms with Crippen LogP contribution in [0.3, 0.4) is 0 Å². The SMILES string of the molecule is O=C(Nc1cn[nH]c1C1CCCN(CC2CNCCO2)C1)c1ccccc1. The first-order valence-corrected chi connectivity index (χ1v) is 9.74. The van der Waals surface area contributed by atoms with Gasteiger partial charge in [0.15, 0.2) is 0 Å². The van der Waals surface area contributed by atoms with Crippen molar-refractivity contribution in [1.82, 2.24) is 20.4 Å². The molecule has 4 rings (SSSR count). The van der Waals surface area contributed by atoms with Gasteiger partial charge in [-0.1, -0.05) is 18.2 Å². The minimum absolute atomic E-state index is 0.104. The van der Waals surface area contributed by atoms with Gasteiger partial charge >= 0.3 is 0 Å². The van der Waals surface area contributed by atoms with E-state index in [1.54, 1.807) is 6.20 Å². The normalized spacial score (nSPS) is 23.9. The van der Waals surface area contributed by atoms with Crippen LogP contribution in [0.15, 0.2) is 36.5 Å². The van der Waals surface area contributed by atoms with E-state index in [1.165, 1.54) is 0 Å². The van der Waals surface area contributed by atoms with Gasteiger partial charge in [-0.05, 0) is 31.5 Å². The predicted octanol–water partition coefficient (Wildman–Crippen LogP) is 1.83. The third-order valence-corrected chi connectivity index (χ3v) is 5.33. The Morgan fingerprint density at radius 1 is 1.33 bits per heavy atom. The van der Waals surface area contributed by atoms with Gasteiger partial charge in [0.05, 0.1) is 30.3 Å². The molecule has 144 valence electrons. The molecule has 2 aliphatic heterocycles. The lowest BCUT2D eigenvalue weighted by molar-refractivity contribution is 0.000631. The van der Waals surface area contributed by atoms with Crippen LogP contribution in [0.5, 0.6) is 0 Å². The first-order valence-electron chi connectivity index (χ1n) is 9.74. The van der Waals surface area contributed by atoms with Crippen LogP contribution in [0, 0.1) is 0 Å². The molecule has 1 aromatic heterocycles. The molecule has 1 aromatic carbocycles. The van der Waals surface area contributed by atoms with E-state index in [-0.39, 0.29) is 12.0 Å². The maximum atomic E-state index is 12.5. The summed E-state index contributed by atoms with van der Waals surface area (Å²) >= 11 is 0. The Labute approximate surface area is 159 Å². The second-order valence-electron chi connectivity index (χ2n) is 7.31. The number of aromatic amines is 1. The van der Waals surface area contributed by atoms with E-state index in [0.29, 0.717) is 11.5 Å². The maximum absolute atomic E-state index is 12.5. The summed E-state index contributed by atoms with van der Waals surface area (Å²) in [4.78, 5) is 15.0. The highest BCUT2D eigenvalue weighted by molar-refractivity contribution is 6.04. The molecule has 0 radical (unpaired) electrons. The summed E-state index contributed by atoms with van der Waals surface area (Å²) in [5.74, 6) is 0.233. The third-order valence-electron chi connectivity index (χ3n) is 5.33. The number of amides is 1. The monoisotopic (exact) mass is 369 g/mol. The van der Waals surface area contributed by atoms with Crippen molar-refractivity contribution in [3.63, 3.8) is 0 Å². The average Bonchev–Trinajstić information content (AvgIpc) is 3.18. The smallest absolute Gasteiger partial charge is 0.255 e. The molecule has 27 heavy (non-hydrogen) atoms. The number of likely N-dealkylation sites (tertiary alicyclic amines) is 1. The summed E-state index contributed by atoms with van der Waals surface area (Å²) in [6.07, 6.45) is 4.20. The van der Waals surface area contributed by atoms with Crippen molar-refractivity contribution < 1.29 is 9.53 Å². The molecule has 0 aliphatic carbocycles. The number of piperidine rings is 1. The fourth-order valence-electron chi connectivity index (χ4n) is 3.97. The number of aromatic nitrogens is 2. The summed E-state index contributed by atoms with van der Waals surface area (Å²) in [7, 11) is 0. The van der Waals surface area contributed by atoms with Crippen molar-refractivity contribution in [1.29, 1.82) is 0 Å². The van der Waals surface area contributed by atoms with E-state index in [2.05, 4.69) is 25.7 Å². The molecular weight excluding hydrogens is 342 g/mol. The highest BCUT2D eigenvalue weighted by Crippen LogP contribution is 2.30. The number of anilines is 1. The standard InChI is InChI=1S/C20H27N5O2/c26-20(15-5-2-1-3-6-15)23-18-12-22-24-19(18)16-7-4-9-25(13-16)14-17-11-21-8-10-27-17/h1-3,5-6,12,16-17,21H,4,7-11,13-14H2,(H,22,24)(H,23,26). The van der Waals surface area contributed by atoms with Gasteiger partial charge < -0.3 is 20.3 Å². The number of carbonyl (C=O) groups excluding carboxylic acids is 1. The van der Waals surface area contributed by atoms with Gasteiger partial charge in [0.1, 0.15) is 0 Å². The quantitative estimate of drug-likeness (QED) is 0.749. The minimum Gasteiger partial charge on any atom is -0.374 e. The average molecular weight is 369 g/mol. The highest BCUT2D eigenvalue weighted by Gasteiger charge is 2.27. The topological polar surface area (TPSA) is 82.3 Å². The molecule has 2 unspecified atom stereocenters. The molecule has 0 bridgehead atoms. The van der Waals surface area contributed by atoms with Gasteiger partial charge in [0.25, 0.3) is 5.91 Å². The lowest BCUT2D eigenvalue weighted by Gasteiger charge is -2.36. The number of hydrogen-bond donors (Lipinski definition) is 3. The molecular formula is C20H27N5O2. The Kier molecular flexibility index (Phi) is 5.81. The van der Waals surface area contributed by atoms with Crippen LogP contribution in [0.1, 0.15) is 34.8 Å². The summed E-state index contributed by atoms with van der Waals surface area (Å²) in [5, 5.41) is 13.7. The van der Waals surface area contributed by atoms with Gasteiger partial charge in [0.2, 0.25) is 0 Å². The van der Waals surface area contributed by atoms with Gasteiger partial charge in [-0.15, -0.1) is 0 Å². The molecule has 7 nitrogen and oxygen atoms in total. The van der Waals surface area contributed by atoms with Crippen molar-refractivity contribution in [2.75, 3.05) is 44.6 Å². The number of H-pyrrole nitrogens is 1. The zero-order chi connectivity index (χ0) is 18.5. The summed E-state index contributed by atoms with van der Waals surface area (Å²) in [6.45, 7) is 5.65. The van der Waals surface area contributed by atoms with E-state index in [1.807, 2.05) is 30.3 Å². The molecule has 3 heterocycles. The number of nitrogens with one attached hydrogen (secondary N) is 3. The van der Waals surface area contributed by atoms with Crippen molar-refractivity contribution in [3.05, 3.63) is 47.8 Å². The Balaban J connectivity index is 1.39. The summed E-state index contributed by atoms with van der Waals surface area (Å²) < 4.78 is 5.85. The number of hydrogen-bond acceptors (Lipinski definition) is 5. The lowest BCUT2D eigenvalue weighted by atomic mass is 9.93. The van der Waals surface area contributed by atoms with E-state index >= 15 is 0 Å². The highest BCUT2D eigenvalue weighted by atomic mass is 16.5. The Hall–Kier alpha value is -2.22.